The summed E-state index contributed by atoms with van der Waals surface area (Å²) in [6.07, 6.45) is 0.213. The van der Waals surface area contributed by atoms with Crippen LogP contribution in [0.3, 0.4) is 0 Å². The molecule has 2 aromatic rings. The highest BCUT2D eigenvalue weighted by atomic mass is 32.1. The molecule has 0 aliphatic heterocycles. The topological polar surface area (TPSA) is 71.5 Å². The van der Waals surface area contributed by atoms with Crippen LogP contribution in [0, 0.1) is 6.92 Å². The quantitative estimate of drug-likeness (QED) is 0.835. The largest absolute Gasteiger partial charge is 0.497 e. The van der Waals surface area contributed by atoms with Crippen LogP contribution in [0.4, 0.5) is 5.69 Å². The fourth-order valence-electron chi connectivity index (χ4n) is 2.21. The molecule has 0 saturated carbocycles. The van der Waals surface area contributed by atoms with Crippen LogP contribution in [-0.4, -0.2) is 41.9 Å². The number of hydrogen-bond acceptors (Lipinski definition) is 5. The Morgan fingerprint density at radius 3 is 2.79 bits per heavy atom. The van der Waals surface area contributed by atoms with Gasteiger partial charge in [-0.2, -0.15) is 0 Å². The molecule has 0 unspecified atom stereocenters. The second kappa shape index (κ2) is 8.44. The summed E-state index contributed by atoms with van der Waals surface area (Å²) in [4.78, 5) is 30.3. The van der Waals surface area contributed by atoms with Gasteiger partial charge in [-0.05, 0) is 26.0 Å². The highest BCUT2D eigenvalue weighted by Crippen LogP contribution is 2.16. The highest BCUT2D eigenvalue weighted by molar-refractivity contribution is 7.09. The van der Waals surface area contributed by atoms with Gasteiger partial charge in [0.25, 0.3) is 0 Å². The predicted octanol–water partition coefficient (Wildman–Crippen LogP) is 2.49. The van der Waals surface area contributed by atoms with Crippen molar-refractivity contribution in [3.8, 4) is 5.75 Å². The molecule has 7 heteroatoms. The molecule has 0 radical (unpaired) electrons. The van der Waals surface area contributed by atoms with Crippen LogP contribution in [0.5, 0.6) is 5.75 Å². The van der Waals surface area contributed by atoms with Gasteiger partial charge < -0.3 is 15.0 Å². The molecule has 1 heterocycles. The van der Waals surface area contributed by atoms with Gasteiger partial charge in [0.05, 0.1) is 30.8 Å². The maximum Gasteiger partial charge on any atom is 0.243 e. The summed E-state index contributed by atoms with van der Waals surface area (Å²) in [7, 11) is 1.57. The minimum absolute atomic E-state index is 0.00959. The molecule has 128 valence electrons. The van der Waals surface area contributed by atoms with Crippen molar-refractivity contribution in [1.29, 1.82) is 0 Å². The summed E-state index contributed by atoms with van der Waals surface area (Å²) in [5, 5.41) is 5.58. The van der Waals surface area contributed by atoms with E-state index >= 15 is 0 Å². The van der Waals surface area contributed by atoms with Gasteiger partial charge in [0, 0.05) is 23.7 Å². The third-order valence-corrected chi connectivity index (χ3v) is 4.24. The average molecular weight is 347 g/mol. The van der Waals surface area contributed by atoms with Crippen molar-refractivity contribution in [3.05, 3.63) is 40.3 Å². The SMILES string of the molecule is CCN(CC(=O)Nc1cccc(OC)c1)C(=O)Cc1csc(C)n1. The second-order valence-electron chi connectivity index (χ2n) is 5.22. The third-order valence-electron chi connectivity index (χ3n) is 3.42. The van der Waals surface area contributed by atoms with Crippen LogP contribution in [0.15, 0.2) is 29.6 Å². The van der Waals surface area contributed by atoms with Crippen LogP contribution >= 0.6 is 11.3 Å². The summed E-state index contributed by atoms with van der Waals surface area (Å²) in [6.45, 7) is 4.23. The molecule has 0 aliphatic rings. The number of likely N-dealkylation sites (N-methyl/N-ethyl adjacent to an activating group) is 1. The van der Waals surface area contributed by atoms with Crippen molar-refractivity contribution in [2.45, 2.75) is 20.3 Å². The molecule has 0 spiro atoms. The molecule has 2 amide bonds. The van der Waals surface area contributed by atoms with E-state index in [4.69, 9.17) is 4.74 Å². The molecule has 0 saturated heterocycles. The van der Waals surface area contributed by atoms with Crippen LogP contribution in [-0.2, 0) is 16.0 Å². The standard InChI is InChI=1S/C17H21N3O3S/c1-4-20(17(22)9-14-11-24-12(2)18-14)10-16(21)19-13-6-5-7-15(8-13)23-3/h5-8,11H,4,9-10H2,1-3H3,(H,19,21). The fraction of sp³-hybridized carbons (Fsp3) is 0.353. The first-order valence-corrected chi connectivity index (χ1v) is 8.52. The van der Waals surface area contributed by atoms with E-state index in [-0.39, 0.29) is 24.8 Å². The molecule has 1 aromatic carbocycles. The van der Waals surface area contributed by atoms with Gasteiger partial charge in [-0.1, -0.05) is 6.07 Å². The van der Waals surface area contributed by atoms with Gasteiger partial charge in [-0.15, -0.1) is 11.3 Å². The highest BCUT2D eigenvalue weighted by Gasteiger charge is 2.17. The molecular weight excluding hydrogens is 326 g/mol. The van der Waals surface area contributed by atoms with E-state index < -0.39 is 0 Å². The number of amides is 2. The first-order chi connectivity index (χ1) is 11.5. The smallest absolute Gasteiger partial charge is 0.243 e. The van der Waals surface area contributed by atoms with Crippen molar-refractivity contribution >= 4 is 28.8 Å². The zero-order valence-corrected chi connectivity index (χ0v) is 14.9. The lowest BCUT2D eigenvalue weighted by atomic mass is 10.2. The molecule has 6 nitrogen and oxygen atoms in total. The Labute approximate surface area is 145 Å². The van der Waals surface area contributed by atoms with Gasteiger partial charge in [0.15, 0.2) is 0 Å². The van der Waals surface area contributed by atoms with Crippen molar-refractivity contribution in [2.75, 3.05) is 25.5 Å². The fourth-order valence-corrected chi connectivity index (χ4v) is 2.82. The number of aryl methyl sites for hydroxylation is 1. The summed E-state index contributed by atoms with van der Waals surface area (Å²) in [5.74, 6) is 0.312. The Kier molecular flexibility index (Phi) is 6.31. The van der Waals surface area contributed by atoms with E-state index in [1.54, 1.807) is 31.4 Å². The Morgan fingerprint density at radius 2 is 2.17 bits per heavy atom. The van der Waals surface area contributed by atoms with Crippen LogP contribution in [0.25, 0.3) is 0 Å². The van der Waals surface area contributed by atoms with E-state index in [2.05, 4.69) is 10.3 Å². The van der Waals surface area contributed by atoms with E-state index in [1.165, 1.54) is 16.2 Å². The molecule has 24 heavy (non-hydrogen) atoms. The number of hydrogen-bond donors (Lipinski definition) is 1. The lowest BCUT2D eigenvalue weighted by molar-refractivity contribution is -0.133. The summed E-state index contributed by atoms with van der Waals surface area (Å²) >= 11 is 1.51. The van der Waals surface area contributed by atoms with Crippen molar-refractivity contribution in [1.82, 2.24) is 9.88 Å². The molecule has 0 fully saturated rings. The van der Waals surface area contributed by atoms with E-state index in [0.29, 0.717) is 18.0 Å². The molecule has 2 rings (SSSR count). The number of nitrogens with one attached hydrogen (secondary N) is 1. The lowest BCUT2D eigenvalue weighted by Gasteiger charge is -2.20. The number of ether oxygens (including phenoxy) is 1. The Bertz CT molecular complexity index is 715. The van der Waals surface area contributed by atoms with Crippen LogP contribution < -0.4 is 10.1 Å². The van der Waals surface area contributed by atoms with Gasteiger partial charge in [0.2, 0.25) is 11.8 Å². The average Bonchev–Trinajstić information content (AvgIpc) is 2.97. The lowest BCUT2D eigenvalue weighted by Crippen LogP contribution is -2.38. The van der Waals surface area contributed by atoms with Gasteiger partial charge in [-0.25, -0.2) is 4.98 Å². The normalized spacial score (nSPS) is 10.3. The minimum Gasteiger partial charge on any atom is -0.497 e. The third kappa shape index (κ3) is 5.06. The number of carbonyl (C=O) groups is 2. The molecule has 0 aliphatic carbocycles. The van der Waals surface area contributed by atoms with Crippen molar-refractivity contribution in [2.24, 2.45) is 0 Å². The molecule has 1 N–H and O–H groups in total. The zero-order valence-electron chi connectivity index (χ0n) is 14.0. The molecule has 1 aromatic heterocycles. The van der Waals surface area contributed by atoms with Crippen LogP contribution in [0.2, 0.25) is 0 Å². The van der Waals surface area contributed by atoms with E-state index in [0.717, 1.165) is 10.7 Å². The maximum atomic E-state index is 12.3. The first kappa shape index (κ1) is 17.9. The summed E-state index contributed by atoms with van der Waals surface area (Å²) < 4.78 is 5.12. The summed E-state index contributed by atoms with van der Waals surface area (Å²) in [5.41, 5.74) is 1.38. The number of anilines is 1. The number of methoxy groups -OCH3 is 1. The molecule has 0 bridgehead atoms. The minimum atomic E-state index is -0.243. The molecular formula is C17H21N3O3S. The zero-order chi connectivity index (χ0) is 17.5. The number of aromatic nitrogens is 1. The number of benzene rings is 1. The molecule has 0 atom stereocenters. The van der Waals surface area contributed by atoms with Gasteiger partial charge >= 0.3 is 0 Å². The Hall–Kier alpha value is -2.41. The first-order valence-electron chi connectivity index (χ1n) is 7.64. The van der Waals surface area contributed by atoms with Gasteiger partial charge in [-0.3, -0.25) is 9.59 Å². The second-order valence-corrected chi connectivity index (χ2v) is 6.28. The maximum absolute atomic E-state index is 12.3. The number of rotatable bonds is 7. The van der Waals surface area contributed by atoms with E-state index in [9.17, 15) is 9.59 Å². The monoisotopic (exact) mass is 347 g/mol. The van der Waals surface area contributed by atoms with Crippen molar-refractivity contribution < 1.29 is 14.3 Å². The Balaban J connectivity index is 1.93. The predicted molar refractivity (Wildman–Crippen MR) is 94.4 cm³/mol. The van der Waals surface area contributed by atoms with Crippen LogP contribution in [0.1, 0.15) is 17.6 Å². The summed E-state index contributed by atoms with van der Waals surface area (Å²) in [6, 6.07) is 7.10. The number of nitrogens with zero attached hydrogens (tertiary/aromatic N) is 2. The van der Waals surface area contributed by atoms with Gasteiger partial charge in [0.1, 0.15) is 5.75 Å². The number of thiazole rings is 1. The number of carbonyl (C=O) groups excluding carboxylic acids is 2. The van der Waals surface area contributed by atoms with E-state index in [1.807, 2.05) is 19.2 Å². The Morgan fingerprint density at radius 1 is 1.38 bits per heavy atom. The van der Waals surface area contributed by atoms with Crippen molar-refractivity contribution in [3.63, 3.8) is 0 Å².